The highest BCUT2D eigenvalue weighted by molar-refractivity contribution is 6.00. The van der Waals surface area contributed by atoms with Gasteiger partial charge in [0.2, 0.25) is 11.9 Å². The van der Waals surface area contributed by atoms with Crippen molar-refractivity contribution in [3.05, 3.63) is 60.6 Å². The van der Waals surface area contributed by atoms with Crippen molar-refractivity contribution in [1.82, 2.24) is 34.2 Å². The molecule has 0 radical (unpaired) electrons. The smallest absolute Gasteiger partial charge is 0.248 e. The minimum absolute atomic E-state index is 0.0253. The van der Waals surface area contributed by atoms with Crippen LogP contribution < -0.4 is 10.6 Å². The first-order valence-corrected chi connectivity index (χ1v) is 12.6. The van der Waals surface area contributed by atoms with Gasteiger partial charge in [0.05, 0.1) is 55.8 Å². The zero-order valence-corrected chi connectivity index (χ0v) is 21.7. The number of anilines is 3. The molecule has 1 aliphatic rings. The van der Waals surface area contributed by atoms with Gasteiger partial charge in [-0.3, -0.25) is 18.9 Å². The number of hydrogen-bond acceptors (Lipinski definition) is 9. The molecule has 0 unspecified atom stereocenters. The predicted molar refractivity (Wildman–Crippen MR) is 144 cm³/mol. The number of amides is 1. The van der Waals surface area contributed by atoms with E-state index >= 15 is 0 Å². The third-order valence-electron chi connectivity index (χ3n) is 6.14. The molecule has 1 atom stereocenters. The molecule has 1 fully saturated rings. The standard InChI is InChI=1S/C26H30FN9O3/c1-17-14-36(25-22(27)13-29-26(33-25)32-20-12-30-35(16-20)15-18(2)37)24-21(17)10-19(11-28-24)31-23(38)4-3-5-34-6-8-39-9-7-34/h3-4,10-14,16,18,37H,5-9,15H2,1-2H3,(H,31,38)(H,29,32,33)/b4-3+/t18-/m1/s1. The van der Waals surface area contributed by atoms with E-state index in [1.54, 1.807) is 40.8 Å². The molecule has 0 aliphatic carbocycles. The molecule has 1 amide bonds. The third kappa shape index (κ3) is 6.45. The van der Waals surface area contributed by atoms with Crippen LogP contribution in [0.3, 0.4) is 0 Å². The number of aromatic nitrogens is 6. The number of nitrogens with one attached hydrogen (secondary N) is 2. The second kappa shape index (κ2) is 11.7. The van der Waals surface area contributed by atoms with Gasteiger partial charge in [-0.25, -0.2) is 14.4 Å². The normalized spacial score (nSPS) is 15.2. The minimum atomic E-state index is -0.619. The number of nitrogens with zero attached hydrogens (tertiary/aromatic N) is 7. The Morgan fingerprint density at radius 1 is 1.21 bits per heavy atom. The molecule has 5 rings (SSSR count). The molecule has 0 saturated carbocycles. The van der Waals surface area contributed by atoms with Crippen molar-refractivity contribution in [3.8, 4) is 5.82 Å². The second-order valence-electron chi connectivity index (χ2n) is 9.37. The van der Waals surface area contributed by atoms with Crippen LogP contribution in [0, 0.1) is 12.7 Å². The number of aliphatic hydroxyl groups is 1. The number of rotatable bonds is 9. The van der Waals surface area contributed by atoms with Gasteiger partial charge < -0.3 is 20.5 Å². The van der Waals surface area contributed by atoms with E-state index in [0.717, 1.165) is 30.2 Å². The van der Waals surface area contributed by atoms with E-state index in [1.165, 1.54) is 12.3 Å². The molecule has 0 bridgehead atoms. The van der Waals surface area contributed by atoms with Gasteiger partial charge in [0, 0.05) is 43.5 Å². The van der Waals surface area contributed by atoms with E-state index < -0.39 is 11.9 Å². The fourth-order valence-electron chi connectivity index (χ4n) is 4.29. The fraction of sp³-hybridized carbons (Fsp3) is 0.346. The molecular weight excluding hydrogens is 505 g/mol. The molecule has 4 aromatic heterocycles. The van der Waals surface area contributed by atoms with Gasteiger partial charge in [-0.05, 0) is 25.5 Å². The number of carbonyl (C=O) groups is 1. The summed E-state index contributed by atoms with van der Waals surface area (Å²) < 4.78 is 23.3. The molecule has 5 heterocycles. The number of aliphatic hydroxyl groups excluding tert-OH is 1. The number of hydrogen-bond donors (Lipinski definition) is 3. The summed E-state index contributed by atoms with van der Waals surface area (Å²) in [7, 11) is 0. The SMILES string of the molecule is Cc1cn(-c2nc(Nc3cnn(C[C@@H](C)O)c3)ncc2F)c2ncc(NC(=O)/C=C/CN3CCOCC3)cc12. The van der Waals surface area contributed by atoms with Gasteiger partial charge in [-0.15, -0.1) is 0 Å². The van der Waals surface area contributed by atoms with E-state index in [-0.39, 0.29) is 17.7 Å². The Morgan fingerprint density at radius 2 is 2.03 bits per heavy atom. The summed E-state index contributed by atoms with van der Waals surface area (Å²) in [6, 6.07) is 1.80. The van der Waals surface area contributed by atoms with Crippen molar-refractivity contribution in [2.45, 2.75) is 26.5 Å². The Balaban J connectivity index is 1.31. The van der Waals surface area contributed by atoms with Gasteiger partial charge in [-0.2, -0.15) is 10.1 Å². The van der Waals surface area contributed by atoms with E-state index in [2.05, 4.69) is 35.6 Å². The van der Waals surface area contributed by atoms with Crippen molar-refractivity contribution in [1.29, 1.82) is 0 Å². The van der Waals surface area contributed by atoms with Crippen LogP contribution in [0.1, 0.15) is 12.5 Å². The van der Waals surface area contributed by atoms with Crippen molar-refractivity contribution in [2.75, 3.05) is 43.5 Å². The maximum atomic E-state index is 14.9. The highest BCUT2D eigenvalue weighted by Crippen LogP contribution is 2.26. The summed E-state index contributed by atoms with van der Waals surface area (Å²) in [6.45, 7) is 7.68. The third-order valence-corrected chi connectivity index (χ3v) is 6.14. The van der Waals surface area contributed by atoms with E-state index in [4.69, 9.17) is 4.74 Å². The van der Waals surface area contributed by atoms with Crippen molar-refractivity contribution in [3.63, 3.8) is 0 Å². The van der Waals surface area contributed by atoms with E-state index in [0.29, 0.717) is 43.3 Å². The lowest BCUT2D eigenvalue weighted by Gasteiger charge is -2.24. The summed E-state index contributed by atoms with van der Waals surface area (Å²) in [4.78, 5) is 27.5. The van der Waals surface area contributed by atoms with Gasteiger partial charge in [-0.1, -0.05) is 6.08 Å². The van der Waals surface area contributed by atoms with Crippen LogP contribution in [0.4, 0.5) is 21.7 Å². The molecule has 13 heteroatoms. The topological polar surface area (TPSA) is 135 Å². The Hall–Kier alpha value is -4.20. The summed E-state index contributed by atoms with van der Waals surface area (Å²) in [5.74, 6) is -0.671. The molecular formula is C26H30FN9O3. The molecule has 204 valence electrons. The average Bonchev–Trinajstić information content (AvgIpc) is 3.48. The van der Waals surface area contributed by atoms with Crippen LogP contribution in [0.5, 0.6) is 0 Å². The first-order valence-electron chi connectivity index (χ1n) is 12.6. The number of pyridine rings is 1. The van der Waals surface area contributed by atoms with Crippen LogP contribution in [-0.4, -0.2) is 84.2 Å². The van der Waals surface area contributed by atoms with Crippen LogP contribution in [-0.2, 0) is 16.1 Å². The van der Waals surface area contributed by atoms with E-state index in [9.17, 15) is 14.3 Å². The zero-order valence-electron chi connectivity index (χ0n) is 21.7. The lowest BCUT2D eigenvalue weighted by atomic mass is 10.2. The predicted octanol–water partition coefficient (Wildman–Crippen LogP) is 2.41. The summed E-state index contributed by atoms with van der Waals surface area (Å²) in [6.07, 6.45) is 10.4. The number of halogens is 1. The summed E-state index contributed by atoms with van der Waals surface area (Å²) in [5.41, 5.74) is 2.45. The van der Waals surface area contributed by atoms with Crippen LogP contribution in [0.2, 0.25) is 0 Å². The number of ether oxygens (including phenoxy) is 1. The highest BCUT2D eigenvalue weighted by Gasteiger charge is 2.16. The quantitative estimate of drug-likeness (QED) is 0.276. The Bertz CT molecular complexity index is 1490. The molecule has 1 aliphatic heterocycles. The minimum Gasteiger partial charge on any atom is -0.391 e. The van der Waals surface area contributed by atoms with E-state index in [1.807, 2.05) is 13.0 Å². The van der Waals surface area contributed by atoms with Crippen LogP contribution >= 0.6 is 0 Å². The van der Waals surface area contributed by atoms with Gasteiger partial charge in [0.15, 0.2) is 11.6 Å². The first kappa shape index (κ1) is 26.4. The monoisotopic (exact) mass is 535 g/mol. The van der Waals surface area contributed by atoms with Crippen LogP contribution in [0.25, 0.3) is 16.9 Å². The molecule has 39 heavy (non-hydrogen) atoms. The molecule has 0 aromatic carbocycles. The number of fused-ring (bicyclic) bond motifs is 1. The number of carbonyl (C=O) groups excluding carboxylic acids is 1. The number of aryl methyl sites for hydroxylation is 1. The van der Waals surface area contributed by atoms with Crippen LogP contribution in [0.15, 0.2) is 49.2 Å². The molecule has 0 spiro atoms. The van der Waals surface area contributed by atoms with Gasteiger partial charge in [0.25, 0.3) is 0 Å². The first-order chi connectivity index (χ1) is 18.9. The highest BCUT2D eigenvalue weighted by atomic mass is 19.1. The van der Waals surface area contributed by atoms with Gasteiger partial charge in [0.1, 0.15) is 5.65 Å². The Kier molecular flexibility index (Phi) is 7.91. The van der Waals surface area contributed by atoms with Crippen molar-refractivity contribution in [2.24, 2.45) is 0 Å². The summed E-state index contributed by atoms with van der Waals surface area (Å²) in [5, 5.41) is 20.3. The molecule has 12 nitrogen and oxygen atoms in total. The summed E-state index contributed by atoms with van der Waals surface area (Å²) >= 11 is 0. The van der Waals surface area contributed by atoms with Crippen molar-refractivity contribution < 1.29 is 19.0 Å². The molecule has 1 saturated heterocycles. The lowest BCUT2D eigenvalue weighted by molar-refractivity contribution is -0.111. The largest absolute Gasteiger partial charge is 0.391 e. The zero-order chi connectivity index (χ0) is 27.4. The van der Waals surface area contributed by atoms with Crippen molar-refractivity contribution >= 4 is 34.3 Å². The second-order valence-corrected chi connectivity index (χ2v) is 9.37. The molecule has 4 aromatic rings. The lowest BCUT2D eigenvalue weighted by Crippen LogP contribution is -2.36. The number of morpholine rings is 1. The molecule has 3 N–H and O–H groups in total. The maximum absolute atomic E-state index is 14.9. The fourth-order valence-corrected chi connectivity index (χ4v) is 4.29. The Morgan fingerprint density at radius 3 is 2.82 bits per heavy atom. The van der Waals surface area contributed by atoms with Gasteiger partial charge >= 0.3 is 0 Å². The average molecular weight is 536 g/mol. The maximum Gasteiger partial charge on any atom is 0.248 e. The Labute approximate surface area is 224 Å².